The molecule has 0 aliphatic rings. The van der Waals surface area contributed by atoms with E-state index in [0.29, 0.717) is 16.8 Å². The molecule has 0 unspecified atom stereocenters. The zero-order valence-electron chi connectivity index (χ0n) is 14.8. The average molecular weight is 362 g/mol. The zero-order valence-corrected chi connectivity index (χ0v) is 14.8. The summed E-state index contributed by atoms with van der Waals surface area (Å²) in [6, 6.07) is 14.3. The van der Waals surface area contributed by atoms with Gasteiger partial charge in [0.1, 0.15) is 12.4 Å². The molecule has 1 aromatic heterocycles. The van der Waals surface area contributed by atoms with Crippen molar-refractivity contribution in [3.63, 3.8) is 0 Å². The second kappa shape index (κ2) is 7.78. The fourth-order valence-corrected chi connectivity index (χ4v) is 2.75. The number of nitrogen functional groups attached to an aromatic ring is 1. The highest BCUT2D eigenvalue weighted by Gasteiger charge is 2.11. The fourth-order valence-electron chi connectivity index (χ4n) is 2.75. The molecule has 0 saturated heterocycles. The van der Waals surface area contributed by atoms with Crippen LogP contribution in [0.15, 0.2) is 59.7 Å². The number of nitrogens with zero attached hydrogens (tertiary/aromatic N) is 2. The minimum Gasteiger partial charge on any atom is -0.398 e. The number of aromatic nitrogens is 1. The molecule has 0 aliphatic heterocycles. The van der Waals surface area contributed by atoms with Crippen molar-refractivity contribution < 1.29 is 9.18 Å². The Morgan fingerprint density at radius 1 is 1.19 bits per heavy atom. The molecule has 0 aliphatic carbocycles. The van der Waals surface area contributed by atoms with Gasteiger partial charge in [0.25, 0.3) is 0 Å². The molecular weight excluding hydrogens is 343 g/mol. The Hall–Kier alpha value is -3.54. The number of benzene rings is 2. The average Bonchev–Trinajstić information content (AvgIpc) is 2.65. The van der Waals surface area contributed by atoms with Crippen LogP contribution < -0.4 is 11.5 Å². The number of aryl methyl sites for hydroxylation is 1. The van der Waals surface area contributed by atoms with Crippen LogP contribution in [0.4, 0.5) is 10.1 Å². The Balaban J connectivity index is 2.00. The van der Waals surface area contributed by atoms with Crippen molar-refractivity contribution in [1.82, 2.24) is 4.98 Å². The SMILES string of the molecule is Cc1cc(-c2ncccc2-c2ccc(C=NCC(N)=O)c(N)c2)ccc1F. The molecular formula is C21H19FN4O. The van der Waals surface area contributed by atoms with Crippen LogP contribution in [0.25, 0.3) is 22.4 Å². The number of aliphatic imine (C=N–C) groups is 1. The minimum atomic E-state index is -0.504. The van der Waals surface area contributed by atoms with E-state index in [1.807, 2.05) is 30.3 Å². The number of nitrogens with two attached hydrogens (primary N) is 2. The van der Waals surface area contributed by atoms with Crippen molar-refractivity contribution >= 4 is 17.8 Å². The van der Waals surface area contributed by atoms with E-state index in [1.54, 1.807) is 25.3 Å². The molecule has 0 saturated carbocycles. The fraction of sp³-hybridized carbons (Fsp3) is 0.0952. The molecule has 0 radical (unpaired) electrons. The molecule has 6 heteroatoms. The maximum atomic E-state index is 13.6. The molecule has 1 heterocycles. The van der Waals surface area contributed by atoms with E-state index in [9.17, 15) is 9.18 Å². The predicted octanol–water partition coefficient (Wildman–Crippen LogP) is 3.35. The first kappa shape index (κ1) is 18.3. The molecule has 0 fully saturated rings. The first-order valence-electron chi connectivity index (χ1n) is 8.35. The number of anilines is 1. The zero-order chi connectivity index (χ0) is 19.4. The van der Waals surface area contributed by atoms with Crippen molar-refractivity contribution in [3.8, 4) is 22.4 Å². The van der Waals surface area contributed by atoms with Gasteiger partial charge in [-0.3, -0.25) is 14.8 Å². The van der Waals surface area contributed by atoms with E-state index in [-0.39, 0.29) is 12.4 Å². The topological polar surface area (TPSA) is 94.4 Å². The first-order valence-corrected chi connectivity index (χ1v) is 8.35. The summed E-state index contributed by atoms with van der Waals surface area (Å²) in [5, 5.41) is 0. The molecule has 0 spiro atoms. The number of rotatable bonds is 5. The van der Waals surface area contributed by atoms with Crippen molar-refractivity contribution in [3.05, 3.63) is 71.7 Å². The summed E-state index contributed by atoms with van der Waals surface area (Å²) in [5.74, 6) is -0.754. The standard InChI is InChI=1S/C21H19FN4O/c1-13-9-15(6-7-18(13)22)21-17(3-2-8-26-21)14-4-5-16(19(23)10-14)11-25-12-20(24)27/h2-11H,12,23H2,1H3,(H2,24,27). The molecule has 4 N–H and O–H groups in total. The van der Waals surface area contributed by atoms with E-state index >= 15 is 0 Å². The van der Waals surface area contributed by atoms with Crippen LogP contribution in [-0.2, 0) is 4.79 Å². The normalized spacial score (nSPS) is 11.0. The highest BCUT2D eigenvalue weighted by atomic mass is 19.1. The van der Waals surface area contributed by atoms with Crippen LogP contribution in [0.5, 0.6) is 0 Å². The largest absolute Gasteiger partial charge is 0.398 e. The Bertz CT molecular complexity index is 1030. The lowest BCUT2D eigenvalue weighted by Gasteiger charge is -2.11. The maximum absolute atomic E-state index is 13.6. The van der Waals surface area contributed by atoms with Crippen molar-refractivity contribution in [2.75, 3.05) is 12.3 Å². The lowest BCUT2D eigenvalue weighted by Crippen LogP contribution is -2.14. The lowest BCUT2D eigenvalue weighted by atomic mass is 9.97. The number of hydrogen-bond acceptors (Lipinski definition) is 4. The van der Waals surface area contributed by atoms with Crippen LogP contribution in [0.1, 0.15) is 11.1 Å². The number of carbonyl (C=O) groups excluding carboxylic acids is 1. The van der Waals surface area contributed by atoms with E-state index < -0.39 is 5.91 Å². The van der Waals surface area contributed by atoms with Gasteiger partial charge in [-0.2, -0.15) is 0 Å². The number of primary amides is 1. The van der Waals surface area contributed by atoms with Gasteiger partial charge in [-0.25, -0.2) is 4.39 Å². The number of hydrogen-bond donors (Lipinski definition) is 2. The molecule has 2 aromatic carbocycles. The summed E-state index contributed by atoms with van der Waals surface area (Å²) in [5.41, 5.74) is 16.3. The monoisotopic (exact) mass is 362 g/mol. The molecule has 3 rings (SSSR count). The summed E-state index contributed by atoms with van der Waals surface area (Å²) in [6.45, 7) is 1.64. The predicted molar refractivity (Wildman–Crippen MR) is 106 cm³/mol. The highest BCUT2D eigenvalue weighted by Crippen LogP contribution is 2.32. The first-order chi connectivity index (χ1) is 13.0. The van der Waals surface area contributed by atoms with Gasteiger partial charge in [0.2, 0.25) is 5.91 Å². The second-order valence-electron chi connectivity index (χ2n) is 6.14. The minimum absolute atomic E-state index is 0.0855. The van der Waals surface area contributed by atoms with E-state index in [0.717, 1.165) is 22.4 Å². The summed E-state index contributed by atoms with van der Waals surface area (Å²) in [7, 11) is 0. The summed E-state index contributed by atoms with van der Waals surface area (Å²) < 4.78 is 13.6. The number of carbonyl (C=O) groups is 1. The van der Waals surface area contributed by atoms with Crippen LogP contribution in [-0.4, -0.2) is 23.7 Å². The molecule has 27 heavy (non-hydrogen) atoms. The summed E-state index contributed by atoms with van der Waals surface area (Å²) >= 11 is 0. The van der Waals surface area contributed by atoms with Gasteiger partial charge in [0, 0.05) is 34.8 Å². The smallest absolute Gasteiger partial charge is 0.239 e. The molecule has 0 atom stereocenters. The van der Waals surface area contributed by atoms with Crippen molar-refractivity contribution in [1.29, 1.82) is 0 Å². The van der Waals surface area contributed by atoms with Crippen LogP contribution in [0.3, 0.4) is 0 Å². The summed E-state index contributed by atoms with van der Waals surface area (Å²) in [4.78, 5) is 19.2. The van der Waals surface area contributed by atoms with Gasteiger partial charge < -0.3 is 11.5 Å². The van der Waals surface area contributed by atoms with Gasteiger partial charge in [-0.1, -0.05) is 18.2 Å². The number of amides is 1. The third-order valence-electron chi connectivity index (χ3n) is 4.11. The van der Waals surface area contributed by atoms with Gasteiger partial charge in [0.05, 0.1) is 5.69 Å². The number of halogens is 1. The molecule has 5 nitrogen and oxygen atoms in total. The molecule has 1 amide bonds. The highest BCUT2D eigenvalue weighted by molar-refractivity contribution is 5.91. The Morgan fingerprint density at radius 3 is 2.67 bits per heavy atom. The summed E-state index contributed by atoms with van der Waals surface area (Å²) in [6.07, 6.45) is 3.23. The Labute approximate surface area is 156 Å². The van der Waals surface area contributed by atoms with Crippen LogP contribution in [0, 0.1) is 12.7 Å². The molecule has 136 valence electrons. The third-order valence-corrected chi connectivity index (χ3v) is 4.11. The van der Waals surface area contributed by atoms with Crippen molar-refractivity contribution in [2.24, 2.45) is 10.7 Å². The van der Waals surface area contributed by atoms with Crippen molar-refractivity contribution in [2.45, 2.75) is 6.92 Å². The second-order valence-corrected chi connectivity index (χ2v) is 6.14. The van der Waals surface area contributed by atoms with E-state index in [1.165, 1.54) is 12.3 Å². The van der Waals surface area contributed by atoms with Gasteiger partial charge in [-0.05, 0) is 48.4 Å². The van der Waals surface area contributed by atoms with Gasteiger partial charge >= 0.3 is 0 Å². The maximum Gasteiger partial charge on any atom is 0.239 e. The van der Waals surface area contributed by atoms with Crippen LogP contribution >= 0.6 is 0 Å². The van der Waals surface area contributed by atoms with Gasteiger partial charge in [0.15, 0.2) is 0 Å². The number of pyridine rings is 1. The van der Waals surface area contributed by atoms with E-state index in [2.05, 4.69) is 9.98 Å². The van der Waals surface area contributed by atoms with E-state index in [4.69, 9.17) is 11.5 Å². The quantitative estimate of drug-likeness (QED) is 0.538. The Kier molecular flexibility index (Phi) is 5.26. The molecule has 0 bridgehead atoms. The lowest BCUT2D eigenvalue weighted by molar-refractivity contribution is -0.116. The Morgan fingerprint density at radius 2 is 1.96 bits per heavy atom. The van der Waals surface area contributed by atoms with Crippen LogP contribution in [0.2, 0.25) is 0 Å². The molecule has 3 aromatic rings. The van der Waals surface area contributed by atoms with Gasteiger partial charge in [-0.15, -0.1) is 0 Å². The third kappa shape index (κ3) is 4.17.